The SMILES string of the molecule is CO/C=C(/Cn1cccc1-c1nc(-c2cccc(C(F)(F)F)c2)cs1)C(=O)O. The number of aliphatic carboxylic acids is 1. The summed E-state index contributed by atoms with van der Waals surface area (Å²) in [4.78, 5) is 15.7. The van der Waals surface area contributed by atoms with Gasteiger partial charge < -0.3 is 14.4 Å². The highest BCUT2D eigenvalue weighted by atomic mass is 32.1. The minimum atomic E-state index is -4.43. The third-order valence-corrected chi connectivity index (χ3v) is 4.78. The number of benzene rings is 1. The summed E-state index contributed by atoms with van der Waals surface area (Å²) in [5.41, 5.74) is 0.755. The predicted octanol–water partition coefficient (Wildman–Crippen LogP) is 4.91. The van der Waals surface area contributed by atoms with Gasteiger partial charge in [-0.25, -0.2) is 9.78 Å². The van der Waals surface area contributed by atoms with E-state index >= 15 is 0 Å². The van der Waals surface area contributed by atoms with E-state index in [1.807, 2.05) is 0 Å². The molecule has 0 bridgehead atoms. The van der Waals surface area contributed by atoms with Gasteiger partial charge in [-0.3, -0.25) is 0 Å². The number of hydrogen-bond acceptors (Lipinski definition) is 4. The average Bonchev–Trinajstić information content (AvgIpc) is 3.29. The molecule has 0 saturated heterocycles. The molecule has 0 amide bonds. The number of carboxylic acid groups (broad SMARTS) is 1. The van der Waals surface area contributed by atoms with Crippen molar-refractivity contribution in [3.05, 3.63) is 65.4 Å². The van der Waals surface area contributed by atoms with Crippen LogP contribution in [0.3, 0.4) is 0 Å². The Bertz CT molecular complexity index is 1020. The zero-order valence-corrected chi connectivity index (χ0v) is 15.4. The summed E-state index contributed by atoms with van der Waals surface area (Å²) in [6, 6.07) is 8.48. The van der Waals surface area contributed by atoms with E-state index in [2.05, 4.69) is 4.98 Å². The second-order valence-corrected chi connectivity index (χ2v) is 6.68. The Labute approximate surface area is 162 Å². The molecule has 146 valence electrons. The van der Waals surface area contributed by atoms with E-state index < -0.39 is 17.7 Å². The molecule has 0 unspecified atom stereocenters. The van der Waals surface area contributed by atoms with Gasteiger partial charge in [0.25, 0.3) is 0 Å². The largest absolute Gasteiger partial charge is 0.504 e. The van der Waals surface area contributed by atoms with Gasteiger partial charge in [0.1, 0.15) is 5.01 Å². The Hall–Kier alpha value is -3.07. The molecule has 0 fully saturated rings. The van der Waals surface area contributed by atoms with Gasteiger partial charge in [0, 0.05) is 17.1 Å². The highest BCUT2D eigenvalue weighted by molar-refractivity contribution is 7.13. The molecule has 9 heteroatoms. The van der Waals surface area contributed by atoms with Gasteiger partial charge in [0.2, 0.25) is 0 Å². The maximum Gasteiger partial charge on any atom is 0.416 e. The lowest BCUT2D eigenvalue weighted by atomic mass is 10.1. The summed E-state index contributed by atoms with van der Waals surface area (Å²) in [6.45, 7) is 0.0595. The van der Waals surface area contributed by atoms with E-state index in [9.17, 15) is 23.1 Å². The summed E-state index contributed by atoms with van der Waals surface area (Å²) in [6.07, 6.45) is -1.57. The van der Waals surface area contributed by atoms with Gasteiger partial charge in [-0.2, -0.15) is 13.2 Å². The number of alkyl halides is 3. The molecular formula is C19H15F3N2O3S. The van der Waals surface area contributed by atoms with Crippen molar-refractivity contribution in [3.63, 3.8) is 0 Å². The second-order valence-electron chi connectivity index (χ2n) is 5.82. The van der Waals surface area contributed by atoms with E-state index in [0.717, 1.165) is 18.4 Å². The molecule has 0 radical (unpaired) electrons. The van der Waals surface area contributed by atoms with Crippen molar-refractivity contribution in [2.24, 2.45) is 0 Å². The first-order valence-electron chi connectivity index (χ1n) is 8.03. The lowest BCUT2D eigenvalue weighted by Gasteiger charge is -2.08. The van der Waals surface area contributed by atoms with Crippen LogP contribution in [0.15, 0.2) is 59.8 Å². The summed E-state index contributed by atoms with van der Waals surface area (Å²) in [5.74, 6) is -1.11. The molecule has 2 heterocycles. The van der Waals surface area contributed by atoms with Crippen LogP contribution in [0.25, 0.3) is 22.0 Å². The number of carboxylic acids is 1. The van der Waals surface area contributed by atoms with E-state index in [0.29, 0.717) is 22.0 Å². The van der Waals surface area contributed by atoms with Crippen molar-refractivity contribution < 1.29 is 27.8 Å². The van der Waals surface area contributed by atoms with Crippen LogP contribution in [-0.4, -0.2) is 27.7 Å². The van der Waals surface area contributed by atoms with E-state index in [1.54, 1.807) is 34.3 Å². The third-order valence-electron chi connectivity index (χ3n) is 3.91. The van der Waals surface area contributed by atoms with Crippen molar-refractivity contribution >= 4 is 17.3 Å². The van der Waals surface area contributed by atoms with E-state index in [4.69, 9.17) is 4.74 Å². The van der Waals surface area contributed by atoms with Crippen LogP contribution in [0.4, 0.5) is 13.2 Å². The Morgan fingerprint density at radius 2 is 2.11 bits per heavy atom. The maximum absolute atomic E-state index is 12.9. The average molecular weight is 408 g/mol. The Morgan fingerprint density at radius 1 is 1.32 bits per heavy atom. The van der Waals surface area contributed by atoms with E-state index in [-0.39, 0.29) is 12.1 Å². The summed E-state index contributed by atoms with van der Waals surface area (Å²) in [5, 5.41) is 11.5. The van der Waals surface area contributed by atoms with Gasteiger partial charge in [-0.05, 0) is 24.3 Å². The highest BCUT2D eigenvalue weighted by Gasteiger charge is 2.30. The summed E-state index contributed by atoms with van der Waals surface area (Å²) < 4.78 is 45.3. The van der Waals surface area contributed by atoms with Crippen molar-refractivity contribution in [1.29, 1.82) is 0 Å². The lowest BCUT2D eigenvalue weighted by Crippen LogP contribution is -2.10. The van der Waals surface area contributed by atoms with Crippen LogP contribution >= 0.6 is 11.3 Å². The van der Waals surface area contributed by atoms with Gasteiger partial charge in [-0.15, -0.1) is 11.3 Å². The molecule has 0 aliphatic rings. The standard InChI is InChI=1S/C19H15F3N2O3S/c1-27-10-13(18(25)26)9-24-7-3-6-16(24)17-23-15(11-28-17)12-4-2-5-14(8-12)19(20,21)22/h2-8,10-11H,9H2,1H3,(H,25,26)/b13-10-. The van der Waals surface area contributed by atoms with Crippen LogP contribution < -0.4 is 0 Å². The molecular weight excluding hydrogens is 393 g/mol. The summed E-state index contributed by atoms with van der Waals surface area (Å²) >= 11 is 1.27. The molecule has 1 aromatic carbocycles. The third kappa shape index (κ3) is 4.25. The maximum atomic E-state index is 12.9. The van der Waals surface area contributed by atoms with Gasteiger partial charge >= 0.3 is 12.1 Å². The minimum absolute atomic E-state index is 0.0506. The number of methoxy groups -OCH3 is 1. The van der Waals surface area contributed by atoms with Crippen LogP contribution in [0, 0.1) is 0 Å². The molecule has 5 nitrogen and oxygen atoms in total. The number of aromatic nitrogens is 2. The first kappa shape index (κ1) is 19.7. The number of nitrogens with zero attached hydrogens (tertiary/aromatic N) is 2. The number of hydrogen-bond donors (Lipinski definition) is 1. The van der Waals surface area contributed by atoms with Crippen LogP contribution in [0.2, 0.25) is 0 Å². The van der Waals surface area contributed by atoms with Gasteiger partial charge in [0.05, 0.1) is 42.4 Å². The molecule has 0 saturated carbocycles. The smallest absolute Gasteiger partial charge is 0.416 e. The number of thiazole rings is 1. The van der Waals surface area contributed by atoms with E-state index in [1.165, 1.54) is 24.5 Å². The lowest BCUT2D eigenvalue weighted by molar-refractivity contribution is -0.137. The molecule has 0 aliphatic heterocycles. The fourth-order valence-electron chi connectivity index (χ4n) is 2.61. The zero-order chi connectivity index (χ0) is 20.3. The van der Waals surface area contributed by atoms with Gasteiger partial charge in [0.15, 0.2) is 0 Å². The molecule has 2 aromatic heterocycles. The summed E-state index contributed by atoms with van der Waals surface area (Å²) in [7, 11) is 1.36. The van der Waals surface area contributed by atoms with Crippen molar-refractivity contribution in [1.82, 2.24) is 9.55 Å². The first-order valence-corrected chi connectivity index (χ1v) is 8.91. The highest BCUT2D eigenvalue weighted by Crippen LogP contribution is 2.34. The monoisotopic (exact) mass is 408 g/mol. The Kier molecular flexibility index (Phi) is 5.55. The molecule has 0 atom stereocenters. The molecule has 3 aromatic rings. The van der Waals surface area contributed by atoms with Gasteiger partial charge in [-0.1, -0.05) is 12.1 Å². The topological polar surface area (TPSA) is 64.4 Å². The van der Waals surface area contributed by atoms with Crippen molar-refractivity contribution in [3.8, 4) is 22.0 Å². The number of carbonyl (C=O) groups is 1. The quantitative estimate of drug-likeness (QED) is 0.465. The van der Waals surface area contributed by atoms with Crippen molar-refractivity contribution in [2.45, 2.75) is 12.7 Å². The molecule has 3 rings (SSSR count). The number of halogens is 3. The Balaban J connectivity index is 1.91. The van der Waals surface area contributed by atoms with Crippen molar-refractivity contribution in [2.75, 3.05) is 7.11 Å². The second kappa shape index (κ2) is 7.89. The minimum Gasteiger partial charge on any atom is -0.504 e. The number of ether oxygens (including phenoxy) is 1. The molecule has 1 N–H and O–H groups in total. The predicted molar refractivity (Wildman–Crippen MR) is 98.7 cm³/mol. The normalized spacial score (nSPS) is 12.2. The fourth-order valence-corrected chi connectivity index (χ4v) is 3.48. The van der Waals surface area contributed by atoms with Crippen LogP contribution in [-0.2, 0) is 22.3 Å². The fraction of sp³-hybridized carbons (Fsp3) is 0.158. The van der Waals surface area contributed by atoms with Crippen LogP contribution in [0.5, 0.6) is 0 Å². The number of rotatable bonds is 6. The Morgan fingerprint density at radius 3 is 2.79 bits per heavy atom. The molecule has 0 spiro atoms. The first-order chi connectivity index (χ1) is 13.3. The van der Waals surface area contributed by atoms with Crippen LogP contribution in [0.1, 0.15) is 5.56 Å². The molecule has 0 aliphatic carbocycles. The molecule has 28 heavy (non-hydrogen) atoms. The zero-order valence-electron chi connectivity index (χ0n) is 14.6.